The van der Waals surface area contributed by atoms with E-state index in [1.54, 1.807) is 0 Å². The van der Waals surface area contributed by atoms with Gasteiger partial charge in [-0.1, -0.05) is 11.6 Å². The van der Waals surface area contributed by atoms with Crippen molar-refractivity contribution in [1.29, 1.82) is 0 Å². The maximum Gasteiger partial charge on any atom is 0.265 e. The van der Waals surface area contributed by atoms with E-state index in [1.807, 2.05) is 4.72 Å². The van der Waals surface area contributed by atoms with Crippen LogP contribution in [0.25, 0.3) is 0 Å². The Morgan fingerprint density at radius 2 is 2.05 bits per heavy atom. The number of nitrogens with zero attached hydrogens (tertiary/aromatic N) is 1. The average Bonchev–Trinajstić information content (AvgIpc) is 2.79. The molecule has 0 atom stereocenters. The van der Waals surface area contributed by atoms with Crippen LogP contribution in [-0.4, -0.2) is 32.7 Å². The summed E-state index contributed by atoms with van der Waals surface area (Å²) < 4.78 is 26.1. The number of fused-ring (bicyclic) bond motifs is 1. The zero-order chi connectivity index (χ0) is 15.8. The molecule has 6 nitrogen and oxygen atoms in total. The average molecular weight is 351 g/mol. The third-order valence-corrected chi connectivity index (χ3v) is 5.15. The Kier molecular flexibility index (Phi) is 4.46. The largest absolute Gasteiger partial charge is 0.312 e. The van der Waals surface area contributed by atoms with Crippen LogP contribution in [0.1, 0.15) is 12.5 Å². The molecule has 1 N–H and O–H groups in total. The van der Waals surface area contributed by atoms with Crippen LogP contribution in [0.2, 0.25) is 5.02 Å². The predicted molar refractivity (Wildman–Crippen MR) is 79.2 cm³/mol. The maximum absolute atomic E-state index is 12.1. The molecule has 1 aliphatic rings. The Balaban J connectivity index is 2.49. The molecule has 0 spiro atoms. The minimum absolute atomic E-state index is 0.00553. The van der Waals surface area contributed by atoms with Crippen molar-refractivity contribution < 1.29 is 18.0 Å². The lowest BCUT2D eigenvalue weighted by Gasteiger charge is -2.16. The first kappa shape index (κ1) is 16.1. The minimum atomic E-state index is -4.13. The predicted octanol–water partition coefficient (Wildman–Crippen LogP) is 1.29. The molecule has 1 aromatic rings. The molecule has 1 heterocycles. The molecule has 0 radical (unpaired) electrons. The van der Waals surface area contributed by atoms with E-state index in [9.17, 15) is 18.0 Å². The van der Waals surface area contributed by atoms with E-state index in [0.29, 0.717) is 18.7 Å². The fourth-order valence-corrected chi connectivity index (χ4v) is 3.85. The summed E-state index contributed by atoms with van der Waals surface area (Å²) in [7, 11) is -4.13. The summed E-state index contributed by atoms with van der Waals surface area (Å²) in [5.74, 6) is -1.53. The second-order valence-electron chi connectivity index (χ2n) is 4.49. The Morgan fingerprint density at radius 1 is 1.38 bits per heavy atom. The summed E-state index contributed by atoms with van der Waals surface area (Å²) in [5, 5.41) is -0.00553. The van der Waals surface area contributed by atoms with Gasteiger partial charge in [-0.15, -0.1) is 11.6 Å². The number of sulfonamides is 1. The van der Waals surface area contributed by atoms with Gasteiger partial charge in [-0.3, -0.25) is 9.59 Å². The third-order valence-electron chi connectivity index (χ3n) is 3.07. The number of carbonyl (C=O) groups excluding carboxylic acids is 2. The molecule has 0 unspecified atom stereocenters. The van der Waals surface area contributed by atoms with Gasteiger partial charge in [-0.2, -0.15) is 0 Å². The number of benzene rings is 1. The first-order chi connectivity index (χ1) is 9.76. The van der Waals surface area contributed by atoms with Crippen LogP contribution in [0, 0.1) is 0 Å². The van der Waals surface area contributed by atoms with Gasteiger partial charge in [0.2, 0.25) is 11.8 Å². The standard InChI is InChI=1S/C12H12Cl2N2O4S/c1-7(17)16-3-2-8-4-9(14)11(5-10(8)16)21(19,20)15-12(18)6-13/h4-5H,2-3,6H2,1H3,(H,15,18). The highest BCUT2D eigenvalue weighted by Crippen LogP contribution is 2.35. The fourth-order valence-electron chi connectivity index (χ4n) is 2.15. The highest BCUT2D eigenvalue weighted by molar-refractivity contribution is 7.90. The van der Waals surface area contributed by atoms with Gasteiger partial charge in [0, 0.05) is 19.2 Å². The van der Waals surface area contributed by atoms with Gasteiger partial charge in [0.15, 0.2) is 0 Å². The van der Waals surface area contributed by atoms with E-state index in [2.05, 4.69) is 0 Å². The lowest BCUT2D eigenvalue weighted by molar-refractivity contribution is -0.117. The van der Waals surface area contributed by atoms with Gasteiger partial charge in [-0.25, -0.2) is 13.1 Å². The van der Waals surface area contributed by atoms with Crippen LogP contribution in [-0.2, 0) is 26.0 Å². The number of hydrogen-bond acceptors (Lipinski definition) is 4. The van der Waals surface area contributed by atoms with E-state index in [-0.39, 0.29) is 15.8 Å². The quantitative estimate of drug-likeness (QED) is 0.832. The second-order valence-corrected chi connectivity index (χ2v) is 6.82. The normalized spacial score (nSPS) is 14.0. The highest BCUT2D eigenvalue weighted by Gasteiger charge is 2.28. The van der Waals surface area contributed by atoms with Crippen molar-refractivity contribution in [3.05, 3.63) is 22.7 Å². The van der Waals surface area contributed by atoms with Gasteiger partial charge >= 0.3 is 0 Å². The molecule has 1 aromatic carbocycles. The van der Waals surface area contributed by atoms with Crippen LogP contribution < -0.4 is 9.62 Å². The Morgan fingerprint density at radius 3 is 2.62 bits per heavy atom. The van der Waals surface area contributed by atoms with Crippen molar-refractivity contribution in [2.24, 2.45) is 0 Å². The molecule has 0 fully saturated rings. The molecule has 114 valence electrons. The third kappa shape index (κ3) is 3.14. The second kappa shape index (κ2) is 5.82. The number of rotatable bonds is 3. The minimum Gasteiger partial charge on any atom is -0.312 e. The van der Waals surface area contributed by atoms with Crippen molar-refractivity contribution in [3.8, 4) is 0 Å². The lowest BCUT2D eigenvalue weighted by atomic mass is 10.2. The van der Waals surface area contributed by atoms with E-state index < -0.39 is 21.8 Å². The van der Waals surface area contributed by atoms with Crippen molar-refractivity contribution in [2.45, 2.75) is 18.2 Å². The number of amides is 2. The maximum atomic E-state index is 12.1. The number of nitrogens with one attached hydrogen (secondary N) is 1. The molecule has 2 amide bonds. The number of alkyl halides is 1. The zero-order valence-corrected chi connectivity index (χ0v) is 13.3. The first-order valence-electron chi connectivity index (χ1n) is 5.98. The molecule has 0 aliphatic carbocycles. The van der Waals surface area contributed by atoms with Gasteiger partial charge < -0.3 is 4.90 Å². The SMILES string of the molecule is CC(=O)N1CCc2cc(Cl)c(S(=O)(=O)NC(=O)CCl)cc21. The molecular weight excluding hydrogens is 339 g/mol. The number of anilines is 1. The lowest BCUT2D eigenvalue weighted by Crippen LogP contribution is -2.32. The van der Waals surface area contributed by atoms with Gasteiger partial charge in [0.05, 0.1) is 5.02 Å². The van der Waals surface area contributed by atoms with E-state index >= 15 is 0 Å². The Bertz CT molecular complexity index is 718. The summed E-state index contributed by atoms with van der Waals surface area (Å²) in [6, 6.07) is 2.80. The summed E-state index contributed by atoms with van der Waals surface area (Å²) in [6.07, 6.45) is 0.600. The molecule has 0 saturated carbocycles. The number of carbonyl (C=O) groups is 2. The van der Waals surface area contributed by atoms with E-state index in [0.717, 1.165) is 5.56 Å². The Hall–Kier alpha value is -1.31. The van der Waals surface area contributed by atoms with E-state index in [4.69, 9.17) is 23.2 Å². The topological polar surface area (TPSA) is 83.6 Å². The molecule has 21 heavy (non-hydrogen) atoms. The molecular formula is C12H12Cl2N2O4S. The van der Waals surface area contributed by atoms with Crippen LogP contribution in [0.15, 0.2) is 17.0 Å². The zero-order valence-electron chi connectivity index (χ0n) is 11.0. The summed E-state index contributed by atoms with van der Waals surface area (Å²) in [5.41, 5.74) is 1.28. The number of hydrogen-bond donors (Lipinski definition) is 1. The summed E-state index contributed by atoms with van der Waals surface area (Å²) in [6.45, 7) is 1.87. The molecule has 0 bridgehead atoms. The monoisotopic (exact) mass is 350 g/mol. The summed E-state index contributed by atoms with van der Waals surface area (Å²) in [4.78, 5) is 23.9. The molecule has 9 heteroatoms. The van der Waals surface area contributed by atoms with Gasteiger partial charge in [-0.05, 0) is 24.1 Å². The van der Waals surface area contributed by atoms with Crippen molar-refractivity contribution in [1.82, 2.24) is 4.72 Å². The molecule has 0 aromatic heterocycles. The van der Waals surface area contributed by atoms with Crippen molar-refractivity contribution in [2.75, 3.05) is 17.3 Å². The van der Waals surface area contributed by atoms with Crippen LogP contribution in [0.5, 0.6) is 0 Å². The Labute approximate surface area is 132 Å². The van der Waals surface area contributed by atoms with Gasteiger partial charge in [0.25, 0.3) is 10.0 Å². The summed E-state index contributed by atoms with van der Waals surface area (Å²) >= 11 is 11.3. The first-order valence-corrected chi connectivity index (χ1v) is 8.38. The highest BCUT2D eigenvalue weighted by atomic mass is 35.5. The molecule has 0 saturated heterocycles. The van der Waals surface area contributed by atoms with E-state index in [1.165, 1.54) is 24.0 Å². The van der Waals surface area contributed by atoms with Crippen LogP contribution in [0.4, 0.5) is 5.69 Å². The van der Waals surface area contributed by atoms with Gasteiger partial charge in [0.1, 0.15) is 10.8 Å². The van der Waals surface area contributed by atoms with Crippen LogP contribution in [0.3, 0.4) is 0 Å². The fraction of sp³-hybridized carbons (Fsp3) is 0.333. The number of halogens is 2. The van der Waals surface area contributed by atoms with Crippen LogP contribution >= 0.6 is 23.2 Å². The molecule has 2 rings (SSSR count). The van der Waals surface area contributed by atoms with Crippen molar-refractivity contribution in [3.63, 3.8) is 0 Å². The molecule has 1 aliphatic heterocycles. The van der Waals surface area contributed by atoms with Crippen molar-refractivity contribution >= 4 is 50.7 Å². The smallest absolute Gasteiger partial charge is 0.265 e.